The van der Waals surface area contributed by atoms with E-state index in [1.54, 1.807) is 22.9 Å². The molecule has 0 bridgehead atoms. The first-order chi connectivity index (χ1) is 10.1. The van der Waals surface area contributed by atoms with Crippen molar-refractivity contribution >= 4 is 50.5 Å². The zero-order valence-electron chi connectivity index (χ0n) is 11.3. The van der Waals surface area contributed by atoms with E-state index in [9.17, 15) is 4.79 Å². The first-order valence-electron chi connectivity index (χ1n) is 6.42. The molecule has 1 atom stereocenters. The van der Waals surface area contributed by atoms with E-state index in [2.05, 4.69) is 31.1 Å². The van der Waals surface area contributed by atoms with Crippen molar-refractivity contribution in [2.75, 3.05) is 18.9 Å². The molecule has 0 aliphatic carbocycles. The first-order valence-corrected chi connectivity index (χ1v) is 8.47. The monoisotopic (exact) mass is 385 g/mol. The lowest BCUT2D eigenvalue weighted by Gasteiger charge is -2.28. The third-order valence-corrected chi connectivity index (χ3v) is 5.57. The fraction of sp³-hybridized carbons (Fsp3) is 0.286. The van der Waals surface area contributed by atoms with E-state index >= 15 is 0 Å². The molecule has 0 radical (unpaired) electrons. The number of carbonyl (C=O) groups excluding carboxylic acids is 1. The van der Waals surface area contributed by atoms with E-state index in [1.165, 1.54) is 0 Å². The summed E-state index contributed by atoms with van der Waals surface area (Å²) in [5.74, 6) is -0.339. The van der Waals surface area contributed by atoms with Crippen LogP contribution in [0.4, 0.5) is 5.69 Å². The van der Waals surface area contributed by atoms with E-state index in [-0.39, 0.29) is 11.8 Å². The maximum atomic E-state index is 12.6. The van der Waals surface area contributed by atoms with Gasteiger partial charge in [-0.05, 0) is 35.1 Å². The molecule has 1 aromatic heterocycles. The van der Waals surface area contributed by atoms with Gasteiger partial charge in [0, 0.05) is 22.4 Å². The van der Waals surface area contributed by atoms with Crippen LogP contribution in [-0.4, -0.2) is 29.4 Å². The normalized spacial score (nSPS) is 18.3. The van der Waals surface area contributed by atoms with Crippen LogP contribution in [0.1, 0.15) is 16.5 Å². The average Bonchev–Trinajstić information content (AvgIpc) is 2.90. The Morgan fingerprint density at radius 2 is 2.38 bits per heavy atom. The molecule has 21 heavy (non-hydrogen) atoms. The van der Waals surface area contributed by atoms with Crippen LogP contribution in [0.25, 0.3) is 0 Å². The van der Waals surface area contributed by atoms with Gasteiger partial charge in [0.1, 0.15) is 0 Å². The zero-order chi connectivity index (χ0) is 15.0. The van der Waals surface area contributed by atoms with Gasteiger partial charge in [-0.15, -0.1) is 11.3 Å². The maximum Gasteiger partial charge on any atom is 0.234 e. The molecular weight excluding hydrogens is 374 g/mol. The average molecular weight is 387 g/mol. The highest BCUT2D eigenvalue weighted by atomic mass is 79.9. The van der Waals surface area contributed by atoms with Gasteiger partial charge < -0.3 is 10.2 Å². The Morgan fingerprint density at radius 3 is 3.19 bits per heavy atom. The van der Waals surface area contributed by atoms with Crippen molar-refractivity contribution in [1.29, 1.82) is 0 Å². The van der Waals surface area contributed by atoms with Crippen LogP contribution in [-0.2, 0) is 11.3 Å². The number of benzene rings is 1. The number of nitrogens with zero attached hydrogens (tertiary/aromatic N) is 2. The fourth-order valence-electron chi connectivity index (χ4n) is 2.42. The molecule has 3 rings (SSSR count). The van der Waals surface area contributed by atoms with Crippen molar-refractivity contribution in [3.63, 3.8) is 0 Å². The lowest BCUT2D eigenvalue weighted by atomic mass is 9.99. The number of carbonyl (C=O) groups is 1. The number of rotatable bonds is 2. The van der Waals surface area contributed by atoms with Crippen molar-refractivity contribution < 1.29 is 4.79 Å². The molecule has 1 aliphatic rings. The molecule has 2 aromatic rings. The van der Waals surface area contributed by atoms with E-state index < -0.39 is 0 Å². The number of likely N-dealkylation sites (N-methyl/N-ethyl adjacent to an activating group) is 1. The molecule has 1 N–H and O–H groups in total. The number of amides is 1. The molecule has 1 aliphatic heterocycles. The minimum absolute atomic E-state index is 0.0753. The van der Waals surface area contributed by atoms with Gasteiger partial charge in [-0.25, -0.2) is 4.98 Å². The Morgan fingerprint density at radius 1 is 1.57 bits per heavy atom. The van der Waals surface area contributed by atoms with Crippen LogP contribution < -0.4 is 5.32 Å². The number of halogens is 2. The van der Waals surface area contributed by atoms with E-state index in [0.717, 1.165) is 21.6 Å². The van der Waals surface area contributed by atoms with Gasteiger partial charge in [-0.2, -0.15) is 0 Å². The van der Waals surface area contributed by atoms with Gasteiger partial charge in [0.25, 0.3) is 0 Å². The molecular formula is C14H13BrClN3OS. The summed E-state index contributed by atoms with van der Waals surface area (Å²) >= 11 is 11.2. The molecule has 0 spiro atoms. The molecule has 2 heterocycles. The van der Waals surface area contributed by atoms with Crippen LogP contribution in [0.3, 0.4) is 0 Å². The number of anilines is 1. The predicted molar refractivity (Wildman–Crippen MR) is 89.0 cm³/mol. The lowest BCUT2D eigenvalue weighted by Crippen LogP contribution is -2.36. The number of hydrogen-bond donors (Lipinski definition) is 1. The second-order valence-corrected chi connectivity index (χ2v) is 7.17. The summed E-state index contributed by atoms with van der Waals surface area (Å²) in [6, 6.07) is 5.47. The Kier molecular flexibility index (Phi) is 4.31. The molecule has 0 saturated heterocycles. The lowest BCUT2D eigenvalue weighted by molar-refractivity contribution is -0.118. The van der Waals surface area contributed by atoms with Crippen molar-refractivity contribution in [3.8, 4) is 0 Å². The Labute approximate surface area is 140 Å². The highest BCUT2D eigenvalue weighted by molar-refractivity contribution is 9.10. The van der Waals surface area contributed by atoms with Crippen molar-refractivity contribution in [1.82, 2.24) is 9.88 Å². The summed E-state index contributed by atoms with van der Waals surface area (Å²) in [5, 5.41) is 3.42. The van der Waals surface area contributed by atoms with Crippen molar-refractivity contribution in [3.05, 3.63) is 43.8 Å². The van der Waals surface area contributed by atoms with Gasteiger partial charge in [0.2, 0.25) is 5.91 Å². The number of fused-ring (bicyclic) bond motifs is 1. The summed E-state index contributed by atoms with van der Waals surface area (Å²) in [4.78, 5) is 20.2. The zero-order valence-corrected chi connectivity index (χ0v) is 14.4. The van der Waals surface area contributed by atoms with Gasteiger partial charge in [-0.1, -0.05) is 17.7 Å². The van der Waals surface area contributed by atoms with E-state index in [4.69, 9.17) is 11.6 Å². The van der Waals surface area contributed by atoms with Crippen LogP contribution >= 0.6 is 38.9 Å². The molecule has 1 aromatic carbocycles. The van der Waals surface area contributed by atoms with Crippen LogP contribution in [0, 0.1) is 0 Å². The number of hydrogen-bond acceptors (Lipinski definition) is 4. The minimum Gasteiger partial charge on any atom is -0.324 e. The van der Waals surface area contributed by atoms with Gasteiger partial charge in [0.15, 0.2) is 0 Å². The molecule has 4 nitrogen and oxygen atoms in total. The highest BCUT2D eigenvalue weighted by Crippen LogP contribution is 2.33. The summed E-state index contributed by atoms with van der Waals surface area (Å²) in [6.45, 7) is 1.51. The van der Waals surface area contributed by atoms with Gasteiger partial charge >= 0.3 is 0 Å². The molecule has 0 fully saturated rings. The van der Waals surface area contributed by atoms with Gasteiger partial charge in [-0.3, -0.25) is 4.79 Å². The molecule has 1 amide bonds. The van der Waals surface area contributed by atoms with E-state index in [1.807, 2.05) is 19.2 Å². The van der Waals surface area contributed by atoms with Crippen molar-refractivity contribution in [2.24, 2.45) is 0 Å². The molecule has 0 saturated carbocycles. The number of aromatic nitrogens is 1. The second-order valence-electron chi connectivity index (χ2n) is 5.00. The van der Waals surface area contributed by atoms with Crippen LogP contribution in [0.2, 0.25) is 5.02 Å². The maximum absolute atomic E-state index is 12.6. The number of thiazole rings is 1. The Balaban J connectivity index is 1.85. The second kappa shape index (κ2) is 6.04. The Bertz CT molecular complexity index is 691. The third-order valence-electron chi connectivity index (χ3n) is 3.44. The standard InChI is InChI=1S/C14H13BrClN3OS/c1-19-5-8(13-11(6-19)21-7-17-13)14(20)18-10-4-2-3-9(15)12(10)16/h2-4,7-8H,5-6H2,1H3,(H,18,20). The van der Waals surface area contributed by atoms with Crippen LogP contribution in [0.15, 0.2) is 28.2 Å². The smallest absolute Gasteiger partial charge is 0.234 e. The molecule has 7 heteroatoms. The van der Waals surface area contributed by atoms with E-state index in [0.29, 0.717) is 17.3 Å². The van der Waals surface area contributed by atoms with Gasteiger partial charge in [0.05, 0.1) is 27.8 Å². The van der Waals surface area contributed by atoms with Crippen molar-refractivity contribution in [2.45, 2.75) is 12.5 Å². The number of nitrogens with one attached hydrogen (secondary N) is 1. The summed E-state index contributed by atoms with van der Waals surface area (Å²) in [6.07, 6.45) is 0. The summed E-state index contributed by atoms with van der Waals surface area (Å²) in [5.41, 5.74) is 3.30. The molecule has 1 unspecified atom stereocenters. The fourth-order valence-corrected chi connectivity index (χ4v) is 3.86. The minimum atomic E-state index is -0.264. The first kappa shape index (κ1) is 15.0. The Hall–Kier alpha value is -0.950. The van der Waals surface area contributed by atoms with Crippen LogP contribution in [0.5, 0.6) is 0 Å². The molecule has 110 valence electrons. The largest absolute Gasteiger partial charge is 0.324 e. The summed E-state index contributed by atoms with van der Waals surface area (Å²) < 4.78 is 0.761. The topological polar surface area (TPSA) is 45.2 Å². The summed E-state index contributed by atoms with van der Waals surface area (Å²) in [7, 11) is 2.01. The SMILES string of the molecule is CN1Cc2scnc2C(C(=O)Nc2cccc(Br)c2Cl)C1. The quantitative estimate of drug-likeness (QED) is 0.855. The highest BCUT2D eigenvalue weighted by Gasteiger charge is 2.31. The third kappa shape index (κ3) is 2.99. The predicted octanol–water partition coefficient (Wildman–Crippen LogP) is 3.73.